The predicted octanol–water partition coefficient (Wildman–Crippen LogP) is 1.70. The van der Waals surface area contributed by atoms with Gasteiger partial charge >= 0.3 is 6.18 Å². The summed E-state index contributed by atoms with van der Waals surface area (Å²) in [5.41, 5.74) is 0.262. The van der Waals surface area contributed by atoms with Gasteiger partial charge in [0.25, 0.3) is 0 Å². The van der Waals surface area contributed by atoms with Crippen LogP contribution in [0.4, 0.5) is 18.2 Å². The zero-order chi connectivity index (χ0) is 14.9. The van der Waals surface area contributed by atoms with Gasteiger partial charge in [-0.1, -0.05) is 5.46 Å². The number of rotatable bonds is 2. The number of hydrogen-bond donors (Lipinski definition) is 1. The van der Waals surface area contributed by atoms with Crippen LogP contribution in [0.25, 0.3) is 0 Å². The van der Waals surface area contributed by atoms with E-state index in [-0.39, 0.29) is 16.8 Å². The van der Waals surface area contributed by atoms with Crippen LogP contribution < -0.4 is 10.4 Å². The molecular formula is C12H12BF3N2OS. The number of nitrogens with zero attached hydrogens (tertiary/aromatic N) is 2. The number of alkyl halides is 3. The highest BCUT2D eigenvalue weighted by Gasteiger charge is 2.46. The summed E-state index contributed by atoms with van der Waals surface area (Å²) in [4.78, 5) is 1.80. The molecule has 1 aliphatic rings. The SMILES string of the molecule is [B]c1cc(N2CCCCC2C(O)C(F)(F)F)sc1C#N. The van der Waals surface area contributed by atoms with Crippen LogP contribution in [0.5, 0.6) is 0 Å². The molecule has 1 aromatic heterocycles. The van der Waals surface area contributed by atoms with Crippen molar-refractivity contribution in [2.45, 2.75) is 37.6 Å². The second-order valence-corrected chi connectivity index (χ2v) is 5.75. The summed E-state index contributed by atoms with van der Waals surface area (Å²) in [6.45, 7) is 0.419. The van der Waals surface area contributed by atoms with Crippen LogP contribution in [0.15, 0.2) is 6.07 Å². The third-order valence-corrected chi connectivity index (χ3v) is 4.47. The maximum absolute atomic E-state index is 12.7. The lowest BCUT2D eigenvalue weighted by molar-refractivity contribution is -0.211. The van der Waals surface area contributed by atoms with Crippen LogP contribution in [0.3, 0.4) is 0 Å². The molecule has 2 heterocycles. The molecule has 2 unspecified atom stereocenters. The molecular weight excluding hydrogens is 288 g/mol. The number of aliphatic hydroxyl groups excluding tert-OH is 1. The Morgan fingerprint density at radius 2 is 2.20 bits per heavy atom. The maximum Gasteiger partial charge on any atom is 0.416 e. The Balaban J connectivity index is 2.29. The predicted molar refractivity (Wildman–Crippen MR) is 71.5 cm³/mol. The summed E-state index contributed by atoms with van der Waals surface area (Å²) in [6, 6.07) is 2.40. The van der Waals surface area contributed by atoms with Gasteiger partial charge in [-0.05, 0) is 25.3 Å². The van der Waals surface area contributed by atoms with Gasteiger partial charge in [0, 0.05) is 6.54 Å². The summed E-state index contributed by atoms with van der Waals surface area (Å²) in [5, 5.41) is 18.9. The molecule has 1 N–H and O–H groups in total. The number of hydrogen-bond acceptors (Lipinski definition) is 4. The van der Waals surface area contributed by atoms with E-state index in [4.69, 9.17) is 13.1 Å². The average Bonchev–Trinajstić information content (AvgIpc) is 2.78. The van der Waals surface area contributed by atoms with E-state index in [9.17, 15) is 18.3 Å². The van der Waals surface area contributed by atoms with Crippen molar-refractivity contribution in [3.8, 4) is 6.07 Å². The topological polar surface area (TPSA) is 47.3 Å². The normalized spacial score (nSPS) is 21.6. The van der Waals surface area contributed by atoms with Crippen molar-refractivity contribution in [3.63, 3.8) is 0 Å². The summed E-state index contributed by atoms with van der Waals surface area (Å²) in [6.07, 6.45) is -5.39. The monoisotopic (exact) mass is 300 g/mol. The summed E-state index contributed by atoms with van der Waals surface area (Å²) in [7, 11) is 5.64. The summed E-state index contributed by atoms with van der Waals surface area (Å²) >= 11 is 1.06. The lowest BCUT2D eigenvalue weighted by atomic mass is 9.95. The Kier molecular flexibility index (Phi) is 4.30. The van der Waals surface area contributed by atoms with Crippen molar-refractivity contribution in [3.05, 3.63) is 10.9 Å². The van der Waals surface area contributed by atoms with Crippen molar-refractivity contribution in [1.82, 2.24) is 0 Å². The van der Waals surface area contributed by atoms with Gasteiger partial charge in [0.1, 0.15) is 13.9 Å². The molecule has 2 atom stereocenters. The molecule has 0 bridgehead atoms. The van der Waals surface area contributed by atoms with Crippen LogP contribution in [-0.2, 0) is 0 Å². The molecule has 1 aromatic rings. The first-order chi connectivity index (χ1) is 9.34. The molecule has 3 nitrogen and oxygen atoms in total. The molecule has 0 aliphatic carbocycles. The fourth-order valence-electron chi connectivity index (χ4n) is 2.40. The first-order valence-electron chi connectivity index (χ1n) is 6.15. The molecule has 0 spiro atoms. The molecule has 106 valence electrons. The Morgan fingerprint density at radius 1 is 1.50 bits per heavy atom. The van der Waals surface area contributed by atoms with Crippen molar-refractivity contribution < 1.29 is 18.3 Å². The molecule has 1 fully saturated rings. The van der Waals surface area contributed by atoms with Gasteiger partial charge in [0.05, 0.1) is 15.9 Å². The lowest BCUT2D eigenvalue weighted by Crippen LogP contribution is -2.52. The summed E-state index contributed by atoms with van der Waals surface area (Å²) in [5.74, 6) is 0. The quantitative estimate of drug-likeness (QED) is 0.846. The molecule has 0 saturated carbocycles. The highest BCUT2D eigenvalue weighted by atomic mass is 32.1. The molecule has 2 rings (SSSR count). The molecule has 0 amide bonds. The molecule has 1 saturated heterocycles. The minimum absolute atomic E-state index is 0.262. The third-order valence-electron chi connectivity index (χ3n) is 3.38. The Morgan fingerprint density at radius 3 is 2.75 bits per heavy atom. The van der Waals surface area contributed by atoms with E-state index in [0.717, 1.165) is 17.8 Å². The summed E-state index contributed by atoms with van der Waals surface area (Å²) < 4.78 is 38.2. The number of halogens is 3. The van der Waals surface area contributed by atoms with Gasteiger partial charge in [-0.2, -0.15) is 18.4 Å². The van der Waals surface area contributed by atoms with Gasteiger partial charge in [-0.25, -0.2) is 0 Å². The van der Waals surface area contributed by atoms with Crippen LogP contribution in [0.1, 0.15) is 24.1 Å². The fourth-order valence-corrected chi connectivity index (χ4v) is 3.36. The number of thiophene rings is 1. The van der Waals surface area contributed by atoms with Gasteiger partial charge in [0.2, 0.25) is 0 Å². The van der Waals surface area contributed by atoms with E-state index < -0.39 is 18.3 Å². The number of aliphatic hydroxyl groups is 1. The molecule has 20 heavy (non-hydrogen) atoms. The second-order valence-electron chi connectivity index (χ2n) is 4.72. The number of nitriles is 1. The molecule has 1 aliphatic heterocycles. The van der Waals surface area contributed by atoms with E-state index in [1.165, 1.54) is 11.0 Å². The van der Waals surface area contributed by atoms with Crippen LogP contribution >= 0.6 is 11.3 Å². The molecule has 2 radical (unpaired) electrons. The minimum Gasteiger partial charge on any atom is -0.382 e. The van der Waals surface area contributed by atoms with Crippen molar-refractivity contribution in [1.29, 1.82) is 5.26 Å². The first kappa shape index (κ1) is 15.2. The maximum atomic E-state index is 12.7. The third kappa shape index (κ3) is 2.94. The minimum atomic E-state index is -4.65. The number of piperidine rings is 1. The highest BCUT2D eigenvalue weighted by Crippen LogP contribution is 2.35. The molecule has 8 heteroatoms. The van der Waals surface area contributed by atoms with E-state index in [2.05, 4.69) is 0 Å². The van der Waals surface area contributed by atoms with Crippen LogP contribution in [0, 0.1) is 11.3 Å². The van der Waals surface area contributed by atoms with Gasteiger partial charge in [0.15, 0.2) is 6.10 Å². The first-order valence-corrected chi connectivity index (χ1v) is 6.97. The Hall–Kier alpha value is -1.20. The van der Waals surface area contributed by atoms with E-state index >= 15 is 0 Å². The Labute approximate surface area is 120 Å². The van der Waals surface area contributed by atoms with Gasteiger partial charge in [-0.15, -0.1) is 11.3 Å². The standard InChI is InChI=1S/C12H12BF3N2OS/c13-7-5-10(20-9(7)6-17)18-4-2-1-3-8(18)11(19)12(14,15)16/h5,8,11,19H,1-4H2. The smallest absolute Gasteiger partial charge is 0.382 e. The van der Waals surface area contributed by atoms with Crippen LogP contribution in [0.2, 0.25) is 0 Å². The van der Waals surface area contributed by atoms with E-state index in [0.29, 0.717) is 18.0 Å². The van der Waals surface area contributed by atoms with Crippen molar-refractivity contribution in [2.24, 2.45) is 0 Å². The largest absolute Gasteiger partial charge is 0.416 e. The lowest BCUT2D eigenvalue weighted by Gasteiger charge is -2.39. The number of anilines is 1. The van der Waals surface area contributed by atoms with Crippen molar-refractivity contribution >= 4 is 29.6 Å². The van der Waals surface area contributed by atoms with Gasteiger partial charge in [-0.3, -0.25) is 0 Å². The zero-order valence-electron chi connectivity index (χ0n) is 10.5. The second kappa shape index (κ2) is 5.66. The van der Waals surface area contributed by atoms with Gasteiger partial charge < -0.3 is 10.0 Å². The highest BCUT2D eigenvalue weighted by molar-refractivity contribution is 7.17. The van der Waals surface area contributed by atoms with Crippen LogP contribution in [-0.4, -0.2) is 37.8 Å². The zero-order valence-corrected chi connectivity index (χ0v) is 11.3. The fraction of sp³-hybridized carbons (Fsp3) is 0.583. The Bertz CT molecular complexity index is 526. The van der Waals surface area contributed by atoms with E-state index in [1.54, 1.807) is 0 Å². The average molecular weight is 300 g/mol. The van der Waals surface area contributed by atoms with Crippen molar-refractivity contribution in [2.75, 3.05) is 11.4 Å². The van der Waals surface area contributed by atoms with E-state index in [1.807, 2.05) is 6.07 Å². The molecule has 0 aromatic carbocycles.